The molecule has 0 atom stereocenters. The zero-order valence-corrected chi connectivity index (χ0v) is 23.8. The molecule has 2 amide bonds. The van der Waals surface area contributed by atoms with Crippen LogP contribution in [-0.2, 0) is 19.1 Å². The third kappa shape index (κ3) is 8.29. The Balaban J connectivity index is 1.42. The van der Waals surface area contributed by atoms with Gasteiger partial charge in [0, 0.05) is 57.1 Å². The van der Waals surface area contributed by atoms with Gasteiger partial charge in [-0.2, -0.15) is 0 Å². The molecule has 1 aliphatic heterocycles. The van der Waals surface area contributed by atoms with E-state index in [0.717, 1.165) is 63.0 Å². The van der Waals surface area contributed by atoms with Crippen LogP contribution in [0, 0.1) is 5.92 Å². The van der Waals surface area contributed by atoms with Crippen molar-refractivity contribution in [3.63, 3.8) is 0 Å². The van der Waals surface area contributed by atoms with Crippen molar-refractivity contribution >= 4 is 35.6 Å². The number of anilines is 2. The molecule has 1 saturated carbocycles. The minimum atomic E-state index is -1.28. The fourth-order valence-corrected chi connectivity index (χ4v) is 5.36. The number of hydrogen-bond acceptors (Lipinski definition) is 10. The van der Waals surface area contributed by atoms with E-state index in [1.54, 1.807) is 31.5 Å². The van der Waals surface area contributed by atoms with Crippen LogP contribution in [0.1, 0.15) is 32.1 Å². The van der Waals surface area contributed by atoms with Crippen LogP contribution in [-0.4, -0.2) is 80.4 Å². The summed E-state index contributed by atoms with van der Waals surface area (Å²) in [6.07, 6.45) is 4.28. The number of benzene rings is 1. The Morgan fingerprint density at radius 3 is 2.36 bits per heavy atom. The Labute approximate surface area is 245 Å². The predicted molar refractivity (Wildman–Crippen MR) is 155 cm³/mol. The van der Waals surface area contributed by atoms with E-state index in [9.17, 15) is 19.2 Å². The van der Waals surface area contributed by atoms with Crippen LogP contribution in [0.2, 0.25) is 0 Å². The van der Waals surface area contributed by atoms with Crippen LogP contribution in [0.4, 0.5) is 21.1 Å². The number of amides is 2. The highest BCUT2D eigenvalue weighted by molar-refractivity contribution is 6.04. The molecule has 12 nitrogen and oxygen atoms in total. The molecule has 2 aromatic rings. The molecule has 1 saturated heterocycles. The van der Waals surface area contributed by atoms with Crippen molar-refractivity contribution < 1.29 is 33.4 Å². The molecule has 224 valence electrons. The van der Waals surface area contributed by atoms with Crippen molar-refractivity contribution in [2.75, 3.05) is 56.2 Å². The highest BCUT2D eigenvalue weighted by Crippen LogP contribution is 2.31. The molecule has 12 heteroatoms. The molecule has 2 fully saturated rings. The summed E-state index contributed by atoms with van der Waals surface area (Å²) in [6, 6.07) is 13.0. The summed E-state index contributed by atoms with van der Waals surface area (Å²) < 4.78 is 15.2. The number of hydrogen-bond donors (Lipinski definition) is 1. The number of nitrogens with two attached hydrogens (primary N) is 1. The number of carbonyl (C=O) groups is 4. The van der Waals surface area contributed by atoms with Gasteiger partial charge in [0.2, 0.25) is 0 Å². The summed E-state index contributed by atoms with van der Waals surface area (Å²) in [7, 11) is 1.66. The van der Waals surface area contributed by atoms with E-state index in [4.69, 9.17) is 15.2 Å². The second-order valence-corrected chi connectivity index (χ2v) is 10.2. The first kappa shape index (κ1) is 30.5. The molecule has 2 heterocycles. The second-order valence-electron chi connectivity index (χ2n) is 10.2. The number of carbonyl (C=O) groups excluding carboxylic acids is 4. The van der Waals surface area contributed by atoms with Gasteiger partial charge >= 0.3 is 24.1 Å². The molecule has 1 aromatic carbocycles. The standard InChI is InChI=1S/C30H37N5O7/c1-40-25-12-6-5-11-24(25)34-18-15-33(16-19-34)17-20-35(26-13-7-8-14-32-26)30(39)42-28(37)23(21-27(36)41-29(31)38)22-9-3-2-4-10-22/h5-8,11-14,21-22H,2-4,9-10,15-20H2,1H3,(H2,31,38)/b23-21-. The topological polar surface area (TPSA) is 145 Å². The van der Waals surface area contributed by atoms with E-state index in [2.05, 4.69) is 19.5 Å². The van der Waals surface area contributed by atoms with E-state index in [1.165, 1.54) is 4.90 Å². The lowest BCUT2D eigenvalue weighted by molar-refractivity contribution is -0.135. The number of esters is 2. The third-order valence-corrected chi connectivity index (χ3v) is 7.52. The van der Waals surface area contributed by atoms with Gasteiger partial charge in [-0.25, -0.2) is 24.2 Å². The molecule has 2 N–H and O–H groups in total. The van der Waals surface area contributed by atoms with E-state index in [1.807, 2.05) is 24.3 Å². The van der Waals surface area contributed by atoms with E-state index in [0.29, 0.717) is 25.2 Å². The molecule has 4 rings (SSSR count). The molecule has 0 spiro atoms. The van der Waals surface area contributed by atoms with Crippen LogP contribution >= 0.6 is 0 Å². The maximum atomic E-state index is 13.4. The maximum Gasteiger partial charge on any atom is 0.423 e. The van der Waals surface area contributed by atoms with Gasteiger partial charge in [0.05, 0.1) is 12.8 Å². The fourth-order valence-electron chi connectivity index (χ4n) is 5.36. The lowest BCUT2D eigenvalue weighted by atomic mass is 9.83. The van der Waals surface area contributed by atoms with Crippen molar-refractivity contribution in [2.24, 2.45) is 11.7 Å². The summed E-state index contributed by atoms with van der Waals surface area (Å²) in [5, 5.41) is 0. The summed E-state index contributed by atoms with van der Waals surface area (Å²) in [6.45, 7) is 3.84. The van der Waals surface area contributed by atoms with Crippen molar-refractivity contribution in [2.45, 2.75) is 32.1 Å². The first-order valence-corrected chi connectivity index (χ1v) is 14.1. The van der Waals surface area contributed by atoms with Crippen molar-refractivity contribution in [1.29, 1.82) is 0 Å². The van der Waals surface area contributed by atoms with Crippen molar-refractivity contribution in [3.8, 4) is 5.75 Å². The van der Waals surface area contributed by atoms with E-state index in [-0.39, 0.29) is 18.0 Å². The van der Waals surface area contributed by atoms with Crippen LogP contribution in [0.25, 0.3) is 0 Å². The van der Waals surface area contributed by atoms with Gasteiger partial charge in [-0.3, -0.25) is 9.80 Å². The highest BCUT2D eigenvalue weighted by atomic mass is 16.6. The van der Waals surface area contributed by atoms with Crippen LogP contribution < -0.4 is 20.3 Å². The van der Waals surface area contributed by atoms with Gasteiger partial charge in [0.15, 0.2) is 0 Å². The number of piperazine rings is 1. The zero-order valence-electron chi connectivity index (χ0n) is 23.8. The number of rotatable bonds is 9. The van der Waals surface area contributed by atoms with Gasteiger partial charge in [0.1, 0.15) is 11.6 Å². The number of methoxy groups -OCH3 is 1. The highest BCUT2D eigenvalue weighted by Gasteiger charge is 2.30. The lowest BCUT2D eigenvalue weighted by Crippen LogP contribution is -2.49. The van der Waals surface area contributed by atoms with Crippen molar-refractivity contribution in [3.05, 3.63) is 60.3 Å². The first-order chi connectivity index (χ1) is 20.4. The SMILES string of the molecule is COc1ccccc1N1CCN(CCN(C(=O)OC(=O)/C(=C\C(=O)OC(N)=O)C2CCCCC2)c2ccccn2)CC1. The van der Waals surface area contributed by atoms with Crippen LogP contribution in [0.15, 0.2) is 60.3 Å². The van der Waals surface area contributed by atoms with Crippen molar-refractivity contribution in [1.82, 2.24) is 9.88 Å². The van der Waals surface area contributed by atoms with Gasteiger partial charge < -0.3 is 24.8 Å². The number of para-hydroxylation sites is 2. The predicted octanol–water partition coefficient (Wildman–Crippen LogP) is 3.51. The molecule has 42 heavy (non-hydrogen) atoms. The summed E-state index contributed by atoms with van der Waals surface area (Å²) in [5.74, 6) is -1.19. The lowest BCUT2D eigenvalue weighted by Gasteiger charge is -2.37. The largest absolute Gasteiger partial charge is 0.495 e. The molecule has 1 aromatic heterocycles. The number of primary amides is 1. The summed E-state index contributed by atoms with van der Waals surface area (Å²) in [5.41, 5.74) is 5.97. The number of aromatic nitrogens is 1. The Hall–Kier alpha value is -4.45. The van der Waals surface area contributed by atoms with Crippen LogP contribution in [0.5, 0.6) is 5.75 Å². The maximum absolute atomic E-state index is 13.4. The molecular weight excluding hydrogens is 542 g/mol. The molecule has 2 aliphatic rings. The minimum Gasteiger partial charge on any atom is -0.495 e. The number of pyridine rings is 1. The zero-order chi connectivity index (χ0) is 29.9. The van der Waals surface area contributed by atoms with E-state index < -0.39 is 24.1 Å². The molecule has 1 aliphatic carbocycles. The average molecular weight is 580 g/mol. The van der Waals surface area contributed by atoms with Gasteiger partial charge in [-0.1, -0.05) is 37.5 Å². The van der Waals surface area contributed by atoms with Gasteiger partial charge in [-0.15, -0.1) is 0 Å². The third-order valence-electron chi connectivity index (χ3n) is 7.52. The summed E-state index contributed by atoms with van der Waals surface area (Å²) >= 11 is 0. The Kier molecular flexibility index (Phi) is 10.9. The Morgan fingerprint density at radius 2 is 1.69 bits per heavy atom. The smallest absolute Gasteiger partial charge is 0.423 e. The van der Waals surface area contributed by atoms with E-state index >= 15 is 0 Å². The molecular formula is C30H37N5O7. The molecule has 0 radical (unpaired) electrons. The van der Waals surface area contributed by atoms with Crippen LogP contribution in [0.3, 0.4) is 0 Å². The monoisotopic (exact) mass is 579 g/mol. The Bertz CT molecular complexity index is 1270. The summed E-state index contributed by atoms with van der Waals surface area (Å²) in [4.78, 5) is 59.9. The normalized spacial score (nSPS) is 16.4. The number of nitrogens with zero attached hydrogens (tertiary/aromatic N) is 4. The quantitative estimate of drug-likeness (QED) is 0.266. The first-order valence-electron chi connectivity index (χ1n) is 14.1. The molecule has 0 unspecified atom stereocenters. The average Bonchev–Trinajstić information content (AvgIpc) is 3.01. The molecule has 0 bridgehead atoms. The minimum absolute atomic E-state index is 0.0114. The second kappa shape index (κ2) is 15.0. The fraction of sp³-hybridized carbons (Fsp3) is 0.433. The van der Waals surface area contributed by atoms with Gasteiger partial charge in [0.25, 0.3) is 0 Å². The van der Waals surface area contributed by atoms with Gasteiger partial charge in [-0.05, 0) is 43.0 Å². The Morgan fingerprint density at radius 1 is 0.976 bits per heavy atom. The number of ether oxygens (including phenoxy) is 3.